The van der Waals surface area contributed by atoms with Crippen molar-refractivity contribution in [2.45, 2.75) is 19.1 Å². The van der Waals surface area contributed by atoms with Crippen molar-refractivity contribution in [2.24, 2.45) is 0 Å². The molecule has 0 bridgehead atoms. The van der Waals surface area contributed by atoms with Gasteiger partial charge in [0.05, 0.1) is 18.8 Å². The predicted molar refractivity (Wildman–Crippen MR) is 55.8 cm³/mol. The molecule has 0 aliphatic carbocycles. The minimum absolute atomic E-state index is 0.262. The summed E-state index contributed by atoms with van der Waals surface area (Å²) in [4.78, 5) is 0. The number of rotatable bonds is 5. The van der Waals surface area contributed by atoms with E-state index in [1.165, 1.54) is 0 Å². The molecule has 1 heterocycles. The summed E-state index contributed by atoms with van der Waals surface area (Å²) in [6.07, 6.45) is 0. The van der Waals surface area contributed by atoms with Gasteiger partial charge in [0, 0.05) is 6.54 Å². The highest BCUT2D eigenvalue weighted by Crippen LogP contribution is 2.13. The van der Waals surface area contributed by atoms with E-state index in [4.69, 9.17) is 9.52 Å². The van der Waals surface area contributed by atoms with Crippen molar-refractivity contribution in [2.75, 3.05) is 13.2 Å². The van der Waals surface area contributed by atoms with Crippen LogP contribution in [0.4, 0.5) is 0 Å². The molecule has 3 N–H and O–H groups in total. The maximum Gasteiger partial charge on any atom is 0.169 e. The van der Waals surface area contributed by atoms with Crippen molar-refractivity contribution in [3.05, 3.63) is 22.6 Å². The summed E-state index contributed by atoms with van der Waals surface area (Å²) in [7, 11) is 0. The second-order valence-electron chi connectivity index (χ2n) is 3.46. The normalized spacial score (nSPS) is 15.4. The van der Waals surface area contributed by atoms with Crippen molar-refractivity contribution >= 4 is 15.9 Å². The van der Waals surface area contributed by atoms with E-state index in [9.17, 15) is 5.11 Å². The lowest BCUT2D eigenvalue weighted by Gasteiger charge is -2.20. The maximum absolute atomic E-state index is 9.45. The van der Waals surface area contributed by atoms with Gasteiger partial charge in [-0.3, -0.25) is 0 Å². The van der Waals surface area contributed by atoms with Crippen LogP contribution >= 0.6 is 15.9 Å². The van der Waals surface area contributed by atoms with Crippen LogP contribution in [0.15, 0.2) is 21.2 Å². The van der Waals surface area contributed by atoms with Crippen LogP contribution in [0.25, 0.3) is 0 Å². The summed E-state index contributed by atoms with van der Waals surface area (Å²) in [6.45, 7) is 2.16. The number of aliphatic hydroxyl groups excluding tert-OH is 1. The van der Waals surface area contributed by atoms with Gasteiger partial charge in [-0.25, -0.2) is 0 Å². The topological polar surface area (TPSA) is 65.6 Å². The molecular weight excluding hydrogens is 250 g/mol. The molecule has 0 aromatic carbocycles. The Labute approximate surface area is 91.1 Å². The Morgan fingerprint density at radius 1 is 1.57 bits per heavy atom. The predicted octanol–water partition coefficient (Wildman–Crippen LogP) is 0.875. The van der Waals surface area contributed by atoms with Crippen LogP contribution < -0.4 is 5.32 Å². The quantitative estimate of drug-likeness (QED) is 0.738. The van der Waals surface area contributed by atoms with E-state index in [0.717, 1.165) is 5.76 Å². The van der Waals surface area contributed by atoms with Gasteiger partial charge in [0.25, 0.3) is 0 Å². The summed E-state index contributed by atoms with van der Waals surface area (Å²) in [5.74, 6) is 0.783. The van der Waals surface area contributed by atoms with Crippen LogP contribution in [-0.2, 0) is 6.54 Å². The first-order valence-corrected chi connectivity index (χ1v) is 5.11. The summed E-state index contributed by atoms with van der Waals surface area (Å²) in [6, 6.07) is 3.64. The SMILES string of the molecule is CC(O)(CO)CNCc1ccc(Br)o1. The van der Waals surface area contributed by atoms with Gasteiger partial charge in [-0.2, -0.15) is 0 Å². The van der Waals surface area contributed by atoms with Gasteiger partial charge in [-0.1, -0.05) is 0 Å². The van der Waals surface area contributed by atoms with E-state index in [1.807, 2.05) is 6.07 Å². The molecular formula is C9H14BrNO3. The van der Waals surface area contributed by atoms with Gasteiger partial charge in [0.15, 0.2) is 4.67 Å². The highest BCUT2D eigenvalue weighted by molar-refractivity contribution is 9.10. The lowest BCUT2D eigenvalue weighted by atomic mass is 10.1. The van der Waals surface area contributed by atoms with Crippen molar-refractivity contribution in [1.29, 1.82) is 0 Å². The van der Waals surface area contributed by atoms with Gasteiger partial charge in [0.1, 0.15) is 5.76 Å². The lowest BCUT2D eigenvalue weighted by Crippen LogP contribution is -2.40. The van der Waals surface area contributed by atoms with Crippen molar-refractivity contribution in [1.82, 2.24) is 5.32 Å². The molecule has 1 unspecified atom stereocenters. The highest BCUT2D eigenvalue weighted by atomic mass is 79.9. The molecule has 5 heteroatoms. The number of halogens is 1. The van der Waals surface area contributed by atoms with E-state index in [2.05, 4.69) is 21.2 Å². The maximum atomic E-state index is 9.45. The highest BCUT2D eigenvalue weighted by Gasteiger charge is 2.17. The van der Waals surface area contributed by atoms with E-state index in [0.29, 0.717) is 17.8 Å². The summed E-state index contributed by atoms with van der Waals surface area (Å²) in [5, 5.41) is 21.2. The van der Waals surface area contributed by atoms with Crippen LogP contribution in [0.3, 0.4) is 0 Å². The number of hydrogen-bond acceptors (Lipinski definition) is 4. The summed E-state index contributed by atoms with van der Waals surface area (Å²) >= 11 is 3.19. The average molecular weight is 264 g/mol. The van der Waals surface area contributed by atoms with Crippen LogP contribution in [-0.4, -0.2) is 29.0 Å². The third kappa shape index (κ3) is 3.79. The fourth-order valence-electron chi connectivity index (χ4n) is 0.958. The Bertz CT molecular complexity index is 285. The number of hydrogen-bond donors (Lipinski definition) is 3. The molecule has 1 aromatic heterocycles. The Hall–Kier alpha value is -0.360. The average Bonchev–Trinajstić information content (AvgIpc) is 2.51. The number of aliphatic hydroxyl groups is 2. The van der Waals surface area contributed by atoms with Gasteiger partial charge >= 0.3 is 0 Å². The first-order chi connectivity index (χ1) is 6.53. The fraction of sp³-hybridized carbons (Fsp3) is 0.556. The third-order valence-corrected chi connectivity index (χ3v) is 2.20. The standard InChI is InChI=1S/C9H14BrNO3/c1-9(13,6-12)5-11-4-7-2-3-8(10)14-7/h2-3,11-13H,4-6H2,1H3. The van der Waals surface area contributed by atoms with Crippen LogP contribution in [0.1, 0.15) is 12.7 Å². The van der Waals surface area contributed by atoms with Gasteiger partial charge in [0.2, 0.25) is 0 Å². The first-order valence-electron chi connectivity index (χ1n) is 4.32. The number of furan rings is 1. The molecule has 0 radical (unpaired) electrons. The molecule has 0 saturated heterocycles. The molecule has 0 saturated carbocycles. The molecule has 0 aliphatic rings. The molecule has 80 valence electrons. The second-order valence-corrected chi connectivity index (χ2v) is 4.25. The van der Waals surface area contributed by atoms with Crippen molar-refractivity contribution in [3.63, 3.8) is 0 Å². The molecule has 0 aliphatic heterocycles. The Balaban J connectivity index is 2.28. The molecule has 0 fully saturated rings. The molecule has 1 rings (SSSR count). The smallest absolute Gasteiger partial charge is 0.169 e. The minimum Gasteiger partial charge on any atom is -0.453 e. The molecule has 4 nitrogen and oxygen atoms in total. The van der Waals surface area contributed by atoms with E-state index in [-0.39, 0.29) is 6.61 Å². The Kier molecular flexibility index (Phi) is 4.12. The van der Waals surface area contributed by atoms with Crippen molar-refractivity contribution < 1.29 is 14.6 Å². The second kappa shape index (κ2) is 4.93. The monoisotopic (exact) mass is 263 g/mol. The van der Waals surface area contributed by atoms with Crippen LogP contribution in [0.5, 0.6) is 0 Å². The van der Waals surface area contributed by atoms with Crippen LogP contribution in [0.2, 0.25) is 0 Å². The van der Waals surface area contributed by atoms with Gasteiger partial charge < -0.3 is 19.9 Å². The molecule has 1 aromatic rings. The Morgan fingerprint density at radius 3 is 2.79 bits per heavy atom. The molecule has 0 spiro atoms. The van der Waals surface area contributed by atoms with Crippen LogP contribution in [0, 0.1) is 0 Å². The first kappa shape index (κ1) is 11.7. The van der Waals surface area contributed by atoms with Gasteiger partial charge in [-0.05, 0) is 35.0 Å². The molecule has 0 amide bonds. The zero-order valence-electron chi connectivity index (χ0n) is 7.96. The fourth-order valence-corrected chi connectivity index (χ4v) is 1.30. The minimum atomic E-state index is -1.08. The summed E-state index contributed by atoms with van der Waals surface area (Å²) in [5.41, 5.74) is -1.08. The third-order valence-electron chi connectivity index (χ3n) is 1.77. The molecule has 14 heavy (non-hydrogen) atoms. The van der Waals surface area contributed by atoms with E-state index >= 15 is 0 Å². The largest absolute Gasteiger partial charge is 0.453 e. The summed E-state index contributed by atoms with van der Waals surface area (Å²) < 4.78 is 5.93. The zero-order valence-corrected chi connectivity index (χ0v) is 9.54. The van der Waals surface area contributed by atoms with E-state index in [1.54, 1.807) is 13.0 Å². The Morgan fingerprint density at radius 2 is 2.29 bits per heavy atom. The zero-order chi connectivity index (χ0) is 10.6. The molecule has 1 atom stereocenters. The van der Waals surface area contributed by atoms with Gasteiger partial charge in [-0.15, -0.1) is 0 Å². The number of nitrogens with one attached hydrogen (secondary N) is 1. The van der Waals surface area contributed by atoms with E-state index < -0.39 is 5.60 Å². The van der Waals surface area contributed by atoms with Crippen molar-refractivity contribution in [3.8, 4) is 0 Å². The lowest BCUT2D eigenvalue weighted by molar-refractivity contribution is 0.00226.